The van der Waals surface area contributed by atoms with Gasteiger partial charge < -0.3 is 34.3 Å². The molecule has 10 heteroatoms. The van der Waals surface area contributed by atoms with E-state index in [1.807, 2.05) is 0 Å². The number of aliphatic hydroxyl groups excluding tert-OH is 3. The first-order chi connectivity index (χ1) is 43.6. The molecule has 0 heterocycles. The van der Waals surface area contributed by atoms with Gasteiger partial charge in [0.05, 0.1) is 13.2 Å². The molecular formula is C79H148O10. The van der Waals surface area contributed by atoms with E-state index >= 15 is 0 Å². The Morgan fingerprint density at radius 2 is 0.494 bits per heavy atom. The van der Waals surface area contributed by atoms with Crippen LogP contribution in [0.1, 0.15) is 394 Å². The van der Waals surface area contributed by atoms with Crippen molar-refractivity contribution in [3.63, 3.8) is 0 Å². The molecule has 0 radical (unpaired) electrons. The van der Waals surface area contributed by atoms with E-state index in [0.29, 0.717) is 25.0 Å². The summed E-state index contributed by atoms with van der Waals surface area (Å²) >= 11 is 0. The van der Waals surface area contributed by atoms with Crippen molar-refractivity contribution in [2.24, 2.45) is 0 Å². The molecule has 0 atom stereocenters. The Labute approximate surface area is 551 Å². The molecule has 0 aliphatic carbocycles. The molecule has 0 bridgehead atoms. The summed E-state index contributed by atoms with van der Waals surface area (Å²) in [5.41, 5.74) is 0. The molecule has 0 saturated carbocycles. The van der Waals surface area contributed by atoms with Crippen molar-refractivity contribution in [3.05, 3.63) is 48.6 Å². The molecule has 0 aliphatic rings. The highest BCUT2D eigenvalue weighted by Crippen LogP contribution is 2.16. The van der Waals surface area contributed by atoms with Gasteiger partial charge in [-0.25, -0.2) is 0 Å². The number of Topliss-reactive ketones (excluding diaryl/α,β-unsaturated/α-hetero) is 1. The lowest BCUT2D eigenvalue weighted by Gasteiger charge is -2.18. The Hall–Kier alpha value is -3.08. The van der Waals surface area contributed by atoms with Crippen LogP contribution in [-0.4, -0.2) is 77.6 Å². The largest absolute Gasteiger partial charge is 0.462 e. The number of carbonyl (C=O) groups excluding carboxylic acids is 4. The quantitative estimate of drug-likeness (QED) is 0.0232. The number of rotatable bonds is 67. The molecule has 524 valence electrons. The molecule has 0 amide bonds. The van der Waals surface area contributed by atoms with Crippen LogP contribution in [0.4, 0.5) is 0 Å². The van der Waals surface area contributed by atoms with E-state index < -0.39 is 12.2 Å². The fraction of sp³-hybridized carbons (Fsp3) is 0.848. The van der Waals surface area contributed by atoms with Gasteiger partial charge in [0.2, 0.25) is 0 Å². The summed E-state index contributed by atoms with van der Waals surface area (Å²) < 4.78 is 16.8. The third-order valence-electron chi connectivity index (χ3n) is 16.3. The number of ketones is 1. The summed E-state index contributed by atoms with van der Waals surface area (Å²) in [5.74, 6) is -0.557. The number of unbranched alkanes of at least 4 members (excludes halogenated alkanes) is 44. The third kappa shape index (κ3) is 84.9. The summed E-state index contributed by atoms with van der Waals surface area (Å²) in [4.78, 5) is 48.8. The van der Waals surface area contributed by atoms with Crippen LogP contribution in [0.25, 0.3) is 0 Å². The highest BCUT2D eigenvalue weighted by Gasteiger charge is 2.20. The lowest BCUT2D eigenvalue weighted by atomic mass is 10.1. The van der Waals surface area contributed by atoms with Gasteiger partial charge in [-0.3, -0.25) is 14.4 Å². The van der Waals surface area contributed by atoms with Gasteiger partial charge in [0.25, 0.3) is 0 Å². The molecule has 0 spiro atoms. The van der Waals surface area contributed by atoms with Crippen LogP contribution in [0.15, 0.2) is 48.6 Å². The molecule has 0 fully saturated rings. The Balaban J connectivity index is -0.00000234. The number of carbonyl (C=O) groups is 4. The molecule has 0 aliphatic heterocycles. The maximum atomic E-state index is 12.8. The molecule has 89 heavy (non-hydrogen) atoms. The van der Waals surface area contributed by atoms with E-state index in [1.165, 1.54) is 250 Å². The zero-order chi connectivity index (χ0) is 65.7. The van der Waals surface area contributed by atoms with Gasteiger partial charge in [-0.15, -0.1) is 0 Å². The van der Waals surface area contributed by atoms with E-state index in [-0.39, 0.29) is 44.3 Å². The fourth-order valence-electron chi connectivity index (χ4n) is 10.4. The second kappa shape index (κ2) is 81.0. The average Bonchev–Trinajstić information content (AvgIpc) is 3.57. The van der Waals surface area contributed by atoms with Gasteiger partial charge in [-0.2, -0.15) is 0 Å². The van der Waals surface area contributed by atoms with Crippen molar-refractivity contribution in [2.45, 2.75) is 406 Å². The molecule has 0 aromatic rings. The van der Waals surface area contributed by atoms with Gasteiger partial charge in [0.15, 0.2) is 6.10 Å². The van der Waals surface area contributed by atoms with Crippen LogP contribution in [0, 0.1) is 0 Å². The molecule has 0 aromatic heterocycles. The summed E-state index contributed by atoms with van der Waals surface area (Å²) in [6.45, 7) is 9.86. The Morgan fingerprint density at radius 1 is 0.292 bits per heavy atom. The van der Waals surface area contributed by atoms with E-state index in [9.17, 15) is 19.2 Å². The number of esters is 3. The molecule has 10 nitrogen and oxygen atoms in total. The van der Waals surface area contributed by atoms with Crippen molar-refractivity contribution < 1.29 is 48.7 Å². The fourth-order valence-corrected chi connectivity index (χ4v) is 10.4. The van der Waals surface area contributed by atoms with Crippen molar-refractivity contribution in [1.82, 2.24) is 0 Å². The maximum Gasteiger partial charge on any atom is 0.306 e. The number of ether oxygens (including phenoxy) is 3. The molecule has 0 rings (SSSR count). The number of allylic oxidation sites excluding steroid dienone is 8. The Bertz CT molecular complexity index is 1490. The Morgan fingerprint density at radius 3 is 0.708 bits per heavy atom. The van der Waals surface area contributed by atoms with E-state index in [2.05, 4.69) is 76.3 Å². The minimum atomic E-state index is -0.954. The van der Waals surface area contributed by atoms with Crippen LogP contribution < -0.4 is 0 Å². The topological polar surface area (TPSA) is 157 Å². The lowest BCUT2D eigenvalue weighted by molar-refractivity contribution is -0.167. The maximum absolute atomic E-state index is 12.8. The molecular weight excluding hydrogens is 1110 g/mol. The van der Waals surface area contributed by atoms with Crippen LogP contribution in [0.3, 0.4) is 0 Å². The van der Waals surface area contributed by atoms with Gasteiger partial charge >= 0.3 is 17.9 Å². The summed E-state index contributed by atoms with van der Waals surface area (Å²) in [6.07, 6.45) is 82.9. The van der Waals surface area contributed by atoms with Crippen molar-refractivity contribution >= 4 is 23.7 Å². The monoisotopic (exact) mass is 1260 g/mol. The first-order valence-electron chi connectivity index (χ1n) is 38.1. The second-order valence-electron chi connectivity index (χ2n) is 25.5. The second-order valence-corrected chi connectivity index (χ2v) is 25.5. The van der Waals surface area contributed by atoms with Crippen molar-refractivity contribution in [3.8, 4) is 0 Å². The molecule has 0 unspecified atom stereocenters. The number of hydrogen-bond acceptors (Lipinski definition) is 10. The van der Waals surface area contributed by atoms with Crippen LogP contribution in [0.2, 0.25) is 0 Å². The smallest absolute Gasteiger partial charge is 0.306 e. The predicted molar refractivity (Wildman–Crippen MR) is 380 cm³/mol. The standard InChI is InChI=1S/C57H104O6.C19H36O.C3H8O3/c1-4-7-10-13-16-19-22-25-28-31-34-37-40-43-46-49-55(58)61-52-54(63-57(60)51-48-45-42-39-36-33-30-27-24-21-18-15-12-9-6-3)53-62-56(59)50-47-44-41-38-35-32-29-26-23-20-17-14-11-8-5-2;1-3-4-5-6-7-8-9-10-11-12-13-14-15-16-17-18-19(2)20;4-1-3(6)2-5/h25-30,54H,4-24,31-53H2,1-3H3;10-11H,3-9,12-18H2,1-2H3;3-6H,1-2H2/b28-25-,29-26-,30-27-;11-10-;. The summed E-state index contributed by atoms with van der Waals surface area (Å²) in [6, 6.07) is 0. The van der Waals surface area contributed by atoms with Gasteiger partial charge in [-0.1, -0.05) is 282 Å². The SMILES string of the molecule is CCCCCCCC/C=C\CCCCCCCC(=O)OCC(COC(=O)CCCCCCC/C=C\CCCCCCCC)OC(=O)CCCCCCC/C=C\CCCCCCCC.CCCCCCCC/C=C\CCCCCCCC(C)=O.OCC(O)CO. The van der Waals surface area contributed by atoms with Crippen LogP contribution in [-0.2, 0) is 33.4 Å². The van der Waals surface area contributed by atoms with E-state index in [1.54, 1.807) is 6.92 Å². The summed E-state index contributed by atoms with van der Waals surface area (Å²) in [7, 11) is 0. The molecule has 0 saturated heterocycles. The third-order valence-corrected chi connectivity index (χ3v) is 16.3. The zero-order valence-electron chi connectivity index (χ0n) is 59.4. The Kier molecular flexibility index (Phi) is 82.0. The van der Waals surface area contributed by atoms with Gasteiger partial charge in [0.1, 0.15) is 25.1 Å². The molecule has 0 aromatic carbocycles. The lowest BCUT2D eigenvalue weighted by Crippen LogP contribution is -2.30. The van der Waals surface area contributed by atoms with Crippen molar-refractivity contribution in [1.29, 1.82) is 0 Å². The molecule has 3 N–H and O–H groups in total. The normalized spacial score (nSPS) is 11.6. The first-order valence-corrected chi connectivity index (χ1v) is 38.1. The van der Waals surface area contributed by atoms with Gasteiger partial charge in [-0.05, 0) is 135 Å². The first kappa shape index (κ1) is 90.1. The highest BCUT2D eigenvalue weighted by atomic mass is 16.6. The summed E-state index contributed by atoms with van der Waals surface area (Å²) in [5, 5.41) is 24.0. The van der Waals surface area contributed by atoms with Crippen molar-refractivity contribution in [2.75, 3.05) is 26.4 Å². The number of hydrogen-bond donors (Lipinski definition) is 3. The van der Waals surface area contributed by atoms with E-state index in [0.717, 1.165) is 89.9 Å². The highest BCUT2D eigenvalue weighted by molar-refractivity contribution is 5.75. The minimum Gasteiger partial charge on any atom is -0.462 e. The van der Waals surface area contributed by atoms with Crippen LogP contribution in [0.5, 0.6) is 0 Å². The zero-order valence-corrected chi connectivity index (χ0v) is 59.4. The minimum absolute atomic E-state index is 0.0806. The average molecular weight is 1260 g/mol. The van der Waals surface area contributed by atoms with E-state index in [4.69, 9.17) is 29.5 Å². The van der Waals surface area contributed by atoms with Gasteiger partial charge in [0, 0.05) is 25.7 Å². The van der Waals surface area contributed by atoms with Crippen LogP contribution >= 0.6 is 0 Å². The predicted octanol–water partition coefficient (Wildman–Crippen LogP) is 23.0. The number of aliphatic hydroxyl groups is 3.